The quantitative estimate of drug-likeness (QED) is 0.946. The predicted octanol–water partition coefficient (Wildman–Crippen LogP) is 2.82. The molecule has 0 unspecified atom stereocenters. The number of halogens is 1. The number of likely N-dealkylation sites (tertiary alicyclic amines) is 1. The molecule has 2 N–H and O–H groups in total. The molecule has 0 bridgehead atoms. The van der Waals surface area contributed by atoms with Crippen LogP contribution in [-0.4, -0.2) is 30.4 Å². The van der Waals surface area contributed by atoms with Gasteiger partial charge in [0.15, 0.2) is 0 Å². The molecule has 4 nitrogen and oxygen atoms in total. The molecule has 2 aromatic rings. The molecule has 0 saturated carbocycles. The van der Waals surface area contributed by atoms with Gasteiger partial charge in [-0.15, -0.1) is 12.4 Å². The maximum absolute atomic E-state index is 12.6. The zero-order valence-electron chi connectivity index (χ0n) is 12.6. The number of hydrogen-bond donors (Lipinski definition) is 1. The van der Waals surface area contributed by atoms with Crippen molar-refractivity contribution in [1.82, 2.24) is 4.90 Å². The van der Waals surface area contributed by atoms with Crippen molar-refractivity contribution in [1.29, 1.82) is 0 Å². The molecule has 5 heteroatoms. The van der Waals surface area contributed by atoms with E-state index in [-0.39, 0.29) is 18.3 Å². The number of carbonyl (C=O) groups is 1. The first kappa shape index (κ1) is 16.6. The van der Waals surface area contributed by atoms with Crippen LogP contribution in [0.25, 0.3) is 0 Å². The van der Waals surface area contributed by atoms with Gasteiger partial charge in [-0.3, -0.25) is 4.79 Å². The monoisotopic (exact) mass is 320 g/mol. The lowest BCUT2D eigenvalue weighted by atomic mass is 9.89. The fraction of sp³-hybridized carbons (Fsp3) is 0.353. The van der Waals surface area contributed by atoms with Gasteiger partial charge in [-0.2, -0.15) is 0 Å². The van der Waals surface area contributed by atoms with E-state index >= 15 is 0 Å². The Morgan fingerprint density at radius 1 is 1.27 bits per heavy atom. The number of nitrogens with two attached hydrogens (primary N) is 1. The molecule has 22 heavy (non-hydrogen) atoms. The Morgan fingerprint density at radius 3 is 2.59 bits per heavy atom. The topological polar surface area (TPSA) is 59.5 Å². The summed E-state index contributed by atoms with van der Waals surface area (Å²) in [4.78, 5) is 14.5. The molecule has 0 spiro atoms. The normalized spacial score (nSPS) is 20.7. The van der Waals surface area contributed by atoms with Crippen LogP contribution in [-0.2, 0) is 0 Å². The van der Waals surface area contributed by atoms with Crippen molar-refractivity contribution in [3.05, 3.63) is 59.5 Å². The van der Waals surface area contributed by atoms with Crippen molar-refractivity contribution in [2.24, 2.45) is 11.7 Å². The van der Waals surface area contributed by atoms with Crippen LogP contribution in [0.5, 0.6) is 0 Å². The maximum atomic E-state index is 12.6. The van der Waals surface area contributed by atoms with Gasteiger partial charge >= 0.3 is 0 Å². The minimum atomic E-state index is 0. The summed E-state index contributed by atoms with van der Waals surface area (Å²) >= 11 is 0. The largest absolute Gasteiger partial charge is 0.469 e. The zero-order valence-corrected chi connectivity index (χ0v) is 13.4. The Morgan fingerprint density at radius 2 is 2.00 bits per heavy atom. The molecule has 3 rings (SSSR count). The van der Waals surface area contributed by atoms with Crippen LogP contribution in [0.2, 0.25) is 0 Å². The zero-order chi connectivity index (χ0) is 14.8. The highest BCUT2D eigenvalue weighted by Crippen LogP contribution is 2.33. The smallest absolute Gasteiger partial charge is 0.257 e. The van der Waals surface area contributed by atoms with E-state index in [0.29, 0.717) is 36.2 Å². The standard InChI is InChI=1S/C17H20N2O2.ClH/c1-12-15(7-8-21-12)17(20)19-10-14(9-18)16(11-19)13-5-3-2-4-6-13;/h2-8,14,16H,9-11,18H2,1H3;1H/t14-,16+;/m1./s1. The fourth-order valence-corrected chi connectivity index (χ4v) is 3.13. The summed E-state index contributed by atoms with van der Waals surface area (Å²) in [5.74, 6) is 1.33. The van der Waals surface area contributed by atoms with Crippen LogP contribution < -0.4 is 5.73 Å². The average molecular weight is 321 g/mol. The third-order valence-electron chi connectivity index (χ3n) is 4.35. The lowest BCUT2D eigenvalue weighted by Crippen LogP contribution is -2.30. The van der Waals surface area contributed by atoms with E-state index in [0.717, 1.165) is 6.54 Å². The Kier molecular flexibility index (Phi) is 5.27. The summed E-state index contributed by atoms with van der Waals surface area (Å²) in [7, 11) is 0. The number of rotatable bonds is 3. The van der Waals surface area contributed by atoms with Gasteiger partial charge in [0.25, 0.3) is 5.91 Å². The average Bonchev–Trinajstić information content (AvgIpc) is 3.13. The molecule has 1 aromatic carbocycles. The van der Waals surface area contributed by atoms with E-state index in [2.05, 4.69) is 12.1 Å². The van der Waals surface area contributed by atoms with Crippen LogP contribution >= 0.6 is 12.4 Å². The van der Waals surface area contributed by atoms with Crippen molar-refractivity contribution in [2.45, 2.75) is 12.8 Å². The summed E-state index contributed by atoms with van der Waals surface area (Å²) in [5, 5.41) is 0. The van der Waals surface area contributed by atoms with E-state index in [1.165, 1.54) is 5.56 Å². The van der Waals surface area contributed by atoms with Gasteiger partial charge in [0, 0.05) is 19.0 Å². The van der Waals surface area contributed by atoms with E-state index in [9.17, 15) is 4.79 Å². The molecule has 2 heterocycles. The highest BCUT2D eigenvalue weighted by molar-refractivity contribution is 5.95. The predicted molar refractivity (Wildman–Crippen MR) is 88.3 cm³/mol. The second-order valence-electron chi connectivity index (χ2n) is 5.61. The molecule has 1 saturated heterocycles. The van der Waals surface area contributed by atoms with Gasteiger partial charge in [-0.25, -0.2) is 0 Å². The number of nitrogens with zero attached hydrogens (tertiary/aromatic N) is 1. The van der Waals surface area contributed by atoms with Gasteiger partial charge < -0.3 is 15.1 Å². The Hall–Kier alpha value is -1.78. The summed E-state index contributed by atoms with van der Waals surface area (Å²) < 4.78 is 5.24. The second-order valence-corrected chi connectivity index (χ2v) is 5.61. The third kappa shape index (κ3) is 3.03. The molecule has 0 radical (unpaired) electrons. The number of aryl methyl sites for hydroxylation is 1. The number of furan rings is 1. The molecule has 1 aliphatic heterocycles. The first-order valence-corrected chi connectivity index (χ1v) is 7.29. The number of hydrogen-bond acceptors (Lipinski definition) is 3. The molecule has 0 aliphatic carbocycles. The van der Waals surface area contributed by atoms with Gasteiger partial charge in [-0.05, 0) is 31.0 Å². The first-order chi connectivity index (χ1) is 10.2. The van der Waals surface area contributed by atoms with Crippen molar-refractivity contribution < 1.29 is 9.21 Å². The summed E-state index contributed by atoms with van der Waals surface area (Å²) in [5.41, 5.74) is 7.82. The van der Waals surface area contributed by atoms with Crippen LogP contribution in [0.1, 0.15) is 27.6 Å². The van der Waals surface area contributed by atoms with Crippen molar-refractivity contribution in [3.63, 3.8) is 0 Å². The van der Waals surface area contributed by atoms with Crippen LogP contribution in [0.15, 0.2) is 47.1 Å². The highest BCUT2D eigenvalue weighted by atomic mass is 35.5. The lowest BCUT2D eigenvalue weighted by molar-refractivity contribution is 0.0784. The first-order valence-electron chi connectivity index (χ1n) is 7.29. The number of amides is 1. The SMILES string of the molecule is Cc1occc1C(=O)N1C[C@@H](CN)[C@H](c2ccccc2)C1.Cl. The van der Waals surface area contributed by atoms with E-state index in [1.54, 1.807) is 12.3 Å². The minimum Gasteiger partial charge on any atom is -0.469 e. The fourth-order valence-electron chi connectivity index (χ4n) is 3.13. The van der Waals surface area contributed by atoms with Crippen LogP contribution in [0.3, 0.4) is 0 Å². The summed E-state index contributed by atoms with van der Waals surface area (Å²) in [6.07, 6.45) is 1.56. The van der Waals surface area contributed by atoms with Crippen molar-refractivity contribution in [3.8, 4) is 0 Å². The van der Waals surface area contributed by atoms with Crippen LogP contribution in [0.4, 0.5) is 0 Å². The van der Waals surface area contributed by atoms with E-state index in [4.69, 9.17) is 10.2 Å². The number of benzene rings is 1. The highest BCUT2D eigenvalue weighted by Gasteiger charge is 2.36. The molecule has 1 amide bonds. The molecular weight excluding hydrogens is 300 g/mol. The minimum absolute atomic E-state index is 0. The van der Waals surface area contributed by atoms with Crippen LogP contribution in [0, 0.1) is 12.8 Å². The summed E-state index contributed by atoms with van der Waals surface area (Å²) in [6, 6.07) is 12.1. The van der Waals surface area contributed by atoms with Gasteiger partial charge in [0.2, 0.25) is 0 Å². The van der Waals surface area contributed by atoms with Crippen molar-refractivity contribution in [2.75, 3.05) is 19.6 Å². The van der Waals surface area contributed by atoms with Gasteiger partial charge in [0.1, 0.15) is 5.76 Å². The molecule has 1 aromatic heterocycles. The van der Waals surface area contributed by atoms with Gasteiger partial charge in [0.05, 0.1) is 11.8 Å². The molecule has 2 atom stereocenters. The third-order valence-corrected chi connectivity index (χ3v) is 4.35. The molecule has 1 aliphatic rings. The van der Waals surface area contributed by atoms with E-state index < -0.39 is 0 Å². The molecule has 118 valence electrons. The van der Waals surface area contributed by atoms with Crippen molar-refractivity contribution >= 4 is 18.3 Å². The molecule has 1 fully saturated rings. The second kappa shape index (κ2) is 6.99. The Balaban J connectivity index is 0.00000176. The Labute approximate surface area is 136 Å². The Bertz CT molecular complexity index is 627. The number of carbonyl (C=O) groups excluding carboxylic acids is 1. The molecular formula is C17H21ClN2O2. The maximum Gasteiger partial charge on any atom is 0.257 e. The van der Waals surface area contributed by atoms with Gasteiger partial charge in [-0.1, -0.05) is 30.3 Å². The summed E-state index contributed by atoms with van der Waals surface area (Å²) in [6.45, 7) is 3.83. The van der Waals surface area contributed by atoms with E-state index in [1.807, 2.05) is 30.0 Å². The lowest BCUT2D eigenvalue weighted by Gasteiger charge is -2.16.